The first kappa shape index (κ1) is 21.7. The standard InChI is InChI=1S/C17H10F6N4O2S/c1-7-9(3-5-11(24-7)16(18,19)20)13-26-27-15(29-13)30-14(28)10-4-6-12(17(21,22)23)25-8(10)2/h3-6H,1-2H3. The van der Waals surface area contributed by atoms with Crippen LogP contribution >= 0.6 is 11.8 Å². The van der Waals surface area contributed by atoms with Crippen molar-refractivity contribution in [2.24, 2.45) is 0 Å². The largest absolute Gasteiger partial charge is 0.433 e. The van der Waals surface area contributed by atoms with Gasteiger partial charge in [0.25, 0.3) is 11.1 Å². The fraction of sp³-hybridized carbons (Fsp3) is 0.235. The third-order valence-corrected chi connectivity index (χ3v) is 4.53. The van der Waals surface area contributed by atoms with Crippen molar-refractivity contribution in [3.63, 3.8) is 0 Å². The Balaban J connectivity index is 1.80. The number of hydrogen-bond acceptors (Lipinski definition) is 7. The number of carbonyl (C=O) groups is 1. The average molecular weight is 448 g/mol. The maximum atomic E-state index is 12.7. The molecule has 0 saturated heterocycles. The van der Waals surface area contributed by atoms with E-state index in [2.05, 4.69) is 20.2 Å². The van der Waals surface area contributed by atoms with Gasteiger partial charge >= 0.3 is 12.4 Å². The maximum absolute atomic E-state index is 12.7. The average Bonchev–Trinajstić information content (AvgIpc) is 3.08. The van der Waals surface area contributed by atoms with Crippen LogP contribution in [0, 0.1) is 13.8 Å². The van der Waals surface area contributed by atoms with E-state index in [0.29, 0.717) is 17.8 Å². The molecule has 0 aliphatic rings. The number of halogens is 6. The van der Waals surface area contributed by atoms with Gasteiger partial charge in [-0.15, -0.1) is 10.2 Å². The summed E-state index contributed by atoms with van der Waals surface area (Å²) in [5, 5.41) is 6.38. The molecule has 0 spiro atoms. The molecule has 0 aliphatic heterocycles. The highest BCUT2D eigenvalue weighted by molar-refractivity contribution is 8.14. The third-order valence-electron chi connectivity index (χ3n) is 3.79. The molecule has 30 heavy (non-hydrogen) atoms. The molecule has 13 heteroatoms. The summed E-state index contributed by atoms with van der Waals surface area (Å²) in [6.45, 7) is 2.57. The number of alkyl halides is 6. The normalized spacial score (nSPS) is 12.3. The summed E-state index contributed by atoms with van der Waals surface area (Å²) >= 11 is 0.452. The Kier molecular flexibility index (Phi) is 5.58. The second-order valence-corrected chi connectivity index (χ2v) is 6.84. The lowest BCUT2D eigenvalue weighted by molar-refractivity contribution is -0.142. The predicted molar refractivity (Wildman–Crippen MR) is 91.4 cm³/mol. The lowest BCUT2D eigenvalue weighted by atomic mass is 10.2. The van der Waals surface area contributed by atoms with Crippen molar-refractivity contribution >= 4 is 16.9 Å². The number of nitrogens with zero attached hydrogens (tertiary/aromatic N) is 4. The van der Waals surface area contributed by atoms with Crippen LogP contribution in [0.15, 0.2) is 33.9 Å². The quantitative estimate of drug-likeness (QED) is 0.407. The first-order valence-electron chi connectivity index (χ1n) is 8.02. The minimum Gasteiger partial charge on any atom is -0.411 e. The van der Waals surface area contributed by atoms with Gasteiger partial charge in [-0.3, -0.25) is 4.79 Å². The third kappa shape index (κ3) is 4.61. The molecule has 3 aromatic heterocycles. The molecule has 0 unspecified atom stereocenters. The van der Waals surface area contributed by atoms with E-state index in [1.165, 1.54) is 13.8 Å². The first-order chi connectivity index (χ1) is 13.9. The van der Waals surface area contributed by atoms with Crippen LogP contribution < -0.4 is 0 Å². The summed E-state index contributed by atoms with van der Waals surface area (Å²) in [5.74, 6) is -0.161. The zero-order chi connectivity index (χ0) is 22.3. The molecule has 0 bridgehead atoms. The van der Waals surface area contributed by atoms with E-state index in [1.54, 1.807) is 0 Å². The highest BCUT2D eigenvalue weighted by Gasteiger charge is 2.34. The van der Waals surface area contributed by atoms with Gasteiger partial charge in [0.1, 0.15) is 11.4 Å². The van der Waals surface area contributed by atoms with Gasteiger partial charge in [-0.2, -0.15) is 26.3 Å². The van der Waals surface area contributed by atoms with E-state index < -0.39 is 28.9 Å². The van der Waals surface area contributed by atoms with E-state index in [4.69, 9.17) is 4.42 Å². The maximum Gasteiger partial charge on any atom is 0.433 e. The van der Waals surface area contributed by atoms with E-state index in [1.807, 2.05) is 0 Å². The molecular formula is C17H10F6N4O2S. The zero-order valence-electron chi connectivity index (χ0n) is 15.1. The highest BCUT2D eigenvalue weighted by atomic mass is 32.2. The first-order valence-corrected chi connectivity index (χ1v) is 8.83. The van der Waals surface area contributed by atoms with Gasteiger partial charge in [0.2, 0.25) is 5.12 Å². The number of carbonyl (C=O) groups excluding carboxylic acids is 1. The number of thioether (sulfide) groups is 1. The monoisotopic (exact) mass is 448 g/mol. The van der Waals surface area contributed by atoms with E-state index >= 15 is 0 Å². The van der Waals surface area contributed by atoms with E-state index in [-0.39, 0.29) is 33.6 Å². The van der Waals surface area contributed by atoms with Crippen LogP contribution in [-0.4, -0.2) is 25.3 Å². The van der Waals surface area contributed by atoms with Crippen LogP contribution in [-0.2, 0) is 12.4 Å². The molecule has 0 atom stereocenters. The molecule has 3 rings (SSSR count). The molecule has 0 saturated carbocycles. The fourth-order valence-electron chi connectivity index (χ4n) is 2.37. The molecule has 0 amide bonds. The number of aromatic nitrogens is 4. The molecule has 0 aliphatic carbocycles. The van der Waals surface area contributed by atoms with Crippen molar-refractivity contribution in [2.45, 2.75) is 31.4 Å². The Morgan fingerprint density at radius 2 is 1.43 bits per heavy atom. The van der Waals surface area contributed by atoms with E-state index in [0.717, 1.165) is 18.2 Å². The number of aryl methyl sites for hydroxylation is 2. The van der Waals surface area contributed by atoms with Crippen molar-refractivity contribution in [3.8, 4) is 11.5 Å². The Morgan fingerprint density at radius 3 is 1.97 bits per heavy atom. The van der Waals surface area contributed by atoms with Crippen LogP contribution in [0.1, 0.15) is 33.1 Å². The highest BCUT2D eigenvalue weighted by Crippen LogP contribution is 2.33. The minimum absolute atomic E-state index is 0.0147. The molecular weight excluding hydrogens is 438 g/mol. The van der Waals surface area contributed by atoms with Crippen LogP contribution in [0.2, 0.25) is 0 Å². The molecule has 158 valence electrons. The van der Waals surface area contributed by atoms with Gasteiger partial charge < -0.3 is 4.42 Å². The summed E-state index contributed by atoms with van der Waals surface area (Å²) in [4.78, 5) is 19.2. The Hall–Kier alpha value is -2.96. The van der Waals surface area contributed by atoms with Crippen molar-refractivity contribution in [3.05, 3.63) is 52.6 Å². The number of pyridine rings is 2. The molecule has 3 aromatic rings. The summed E-state index contributed by atoms with van der Waals surface area (Å²) < 4.78 is 81.5. The van der Waals surface area contributed by atoms with Gasteiger partial charge in [-0.25, -0.2) is 9.97 Å². The molecule has 0 fully saturated rings. The van der Waals surface area contributed by atoms with Crippen LogP contribution in [0.5, 0.6) is 0 Å². The molecule has 0 radical (unpaired) electrons. The Labute approximate surface area is 168 Å². The van der Waals surface area contributed by atoms with Crippen molar-refractivity contribution < 1.29 is 35.6 Å². The molecule has 3 heterocycles. The van der Waals surface area contributed by atoms with Crippen LogP contribution in [0.3, 0.4) is 0 Å². The second-order valence-electron chi connectivity index (χ2n) is 5.92. The van der Waals surface area contributed by atoms with Gasteiger partial charge in [-0.05, 0) is 38.1 Å². The zero-order valence-corrected chi connectivity index (χ0v) is 15.9. The fourth-order valence-corrected chi connectivity index (χ4v) is 3.06. The summed E-state index contributed by atoms with van der Waals surface area (Å²) in [7, 11) is 0. The summed E-state index contributed by atoms with van der Waals surface area (Å²) in [6.07, 6.45) is -9.26. The van der Waals surface area contributed by atoms with Crippen LogP contribution in [0.25, 0.3) is 11.5 Å². The Morgan fingerprint density at radius 1 is 0.867 bits per heavy atom. The smallest absolute Gasteiger partial charge is 0.411 e. The molecule has 0 N–H and O–H groups in total. The van der Waals surface area contributed by atoms with Gasteiger partial charge in [-0.1, -0.05) is 0 Å². The van der Waals surface area contributed by atoms with E-state index in [9.17, 15) is 31.1 Å². The molecule has 0 aromatic carbocycles. The van der Waals surface area contributed by atoms with Crippen LogP contribution in [0.4, 0.5) is 26.3 Å². The van der Waals surface area contributed by atoms with Gasteiger partial charge in [0.05, 0.1) is 16.8 Å². The SMILES string of the molecule is Cc1nc(C(F)(F)F)ccc1C(=O)Sc1nnc(-c2ccc(C(F)(F)F)nc2C)o1. The van der Waals surface area contributed by atoms with Gasteiger partial charge in [0.15, 0.2) is 0 Å². The number of rotatable bonds is 3. The van der Waals surface area contributed by atoms with Crippen molar-refractivity contribution in [1.82, 2.24) is 20.2 Å². The van der Waals surface area contributed by atoms with Crippen molar-refractivity contribution in [1.29, 1.82) is 0 Å². The predicted octanol–water partition coefficient (Wildman–Crippen LogP) is 5.11. The topological polar surface area (TPSA) is 81.8 Å². The molecule has 6 nitrogen and oxygen atoms in total. The van der Waals surface area contributed by atoms with Gasteiger partial charge in [0, 0.05) is 17.5 Å². The summed E-state index contributed by atoms with van der Waals surface area (Å²) in [6, 6.07) is 3.53. The lowest BCUT2D eigenvalue weighted by Gasteiger charge is -2.08. The lowest BCUT2D eigenvalue weighted by Crippen LogP contribution is -2.10. The Bertz CT molecular complexity index is 1110. The summed E-state index contributed by atoms with van der Waals surface area (Å²) in [5.41, 5.74) is -2.31. The minimum atomic E-state index is -4.64. The van der Waals surface area contributed by atoms with Crippen molar-refractivity contribution in [2.75, 3.05) is 0 Å². The number of hydrogen-bond donors (Lipinski definition) is 0. The second kappa shape index (κ2) is 7.70.